The monoisotopic (exact) mass is 269 g/mol. The fourth-order valence-corrected chi connectivity index (χ4v) is 2.13. The number of hydrogen-bond acceptors (Lipinski definition) is 4. The highest BCUT2D eigenvalue weighted by Gasteiger charge is 2.16. The molecule has 0 aliphatic heterocycles. The van der Waals surface area contributed by atoms with E-state index in [-0.39, 0.29) is 11.7 Å². The summed E-state index contributed by atoms with van der Waals surface area (Å²) in [6.45, 7) is 3.91. The molecule has 0 saturated carbocycles. The van der Waals surface area contributed by atoms with Gasteiger partial charge in [-0.05, 0) is 42.2 Å². The molecule has 0 fully saturated rings. The van der Waals surface area contributed by atoms with E-state index < -0.39 is 0 Å². The highest BCUT2D eigenvalue weighted by molar-refractivity contribution is 6.00. The predicted octanol–water partition coefficient (Wildman–Crippen LogP) is 2.93. The van der Waals surface area contributed by atoms with Crippen molar-refractivity contribution >= 4 is 17.3 Å². The van der Waals surface area contributed by atoms with Crippen LogP contribution in [0.2, 0.25) is 0 Å². The lowest BCUT2D eigenvalue weighted by molar-refractivity contribution is 0.0976. The number of anilines is 2. The molecule has 0 aliphatic rings. The third kappa shape index (κ3) is 3.15. The van der Waals surface area contributed by atoms with Gasteiger partial charge in [0.25, 0.3) is 0 Å². The maximum Gasteiger partial charge on any atom is 0.167 e. The summed E-state index contributed by atoms with van der Waals surface area (Å²) in [5.41, 5.74) is 14.7. The molecule has 1 aromatic heterocycles. The second-order valence-electron chi connectivity index (χ2n) is 5.14. The normalized spacial score (nSPS) is 12.1. The number of nitrogens with two attached hydrogens (primary N) is 2. The Morgan fingerprint density at radius 1 is 1.25 bits per heavy atom. The minimum Gasteiger partial charge on any atom is -0.399 e. The van der Waals surface area contributed by atoms with Gasteiger partial charge < -0.3 is 11.5 Å². The van der Waals surface area contributed by atoms with Crippen LogP contribution in [-0.2, 0) is 0 Å². The number of carbonyl (C=O) groups excluding carboxylic acids is 1. The number of nitrogens with zero attached hydrogens (tertiary/aromatic N) is 1. The van der Waals surface area contributed by atoms with Crippen molar-refractivity contribution in [3.8, 4) is 0 Å². The van der Waals surface area contributed by atoms with Crippen LogP contribution in [0, 0.1) is 6.92 Å². The summed E-state index contributed by atoms with van der Waals surface area (Å²) in [5, 5.41) is 0. The highest BCUT2D eigenvalue weighted by atomic mass is 16.1. The Bertz CT molecular complexity index is 620. The highest BCUT2D eigenvalue weighted by Crippen LogP contribution is 2.23. The van der Waals surface area contributed by atoms with E-state index in [9.17, 15) is 4.79 Å². The van der Waals surface area contributed by atoms with Crippen molar-refractivity contribution < 1.29 is 4.79 Å². The van der Waals surface area contributed by atoms with Crippen LogP contribution in [0.15, 0.2) is 36.5 Å². The minimum absolute atomic E-state index is 0.0167. The zero-order valence-electron chi connectivity index (χ0n) is 11.8. The maximum absolute atomic E-state index is 12.3. The lowest BCUT2D eigenvalue weighted by Gasteiger charge is -2.12. The zero-order valence-corrected chi connectivity index (χ0v) is 11.8. The summed E-state index contributed by atoms with van der Waals surface area (Å²) >= 11 is 0. The van der Waals surface area contributed by atoms with Crippen LogP contribution in [0.25, 0.3) is 0 Å². The summed E-state index contributed by atoms with van der Waals surface area (Å²) in [5.74, 6) is 0.427. The maximum atomic E-state index is 12.3. The van der Waals surface area contributed by atoms with Crippen LogP contribution >= 0.6 is 0 Å². The van der Waals surface area contributed by atoms with Gasteiger partial charge >= 0.3 is 0 Å². The molecule has 0 spiro atoms. The molecule has 4 N–H and O–H groups in total. The number of benzene rings is 1. The SMILES string of the molecule is Cc1cnc(N)c(C(=O)CC(C)c2ccc(N)cc2)c1. The smallest absolute Gasteiger partial charge is 0.167 e. The van der Waals surface area contributed by atoms with E-state index in [1.165, 1.54) is 0 Å². The molecule has 1 heterocycles. The van der Waals surface area contributed by atoms with E-state index in [1.807, 2.05) is 38.1 Å². The van der Waals surface area contributed by atoms with Gasteiger partial charge in [0.15, 0.2) is 5.78 Å². The quantitative estimate of drug-likeness (QED) is 0.660. The molecular weight excluding hydrogens is 250 g/mol. The number of carbonyl (C=O) groups is 1. The van der Waals surface area contributed by atoms with Crippen molar-refractivity contribution in [2.45, 2.75) is 26.2 Å². The summed E-state index contributed by atoms with van der Waals surface area (Å²) < 4.78 is 0. The Hall–Kier alpha value is -2.36. The average Bonchev–Trinajstić information content (AvgIpc) is 2.42. The molecule has 104 valence electrons. The fourth-order valence-electron chi connectivity index (χ4n) is 2.13. The Morgan fingerprint density at radius 3 is 2.55 bits per heavy atom. The van der Waals surface area contributed by atoms with E-state index in [0.29, 0.717) is 17.8 Å². The topological polar surface area (TPSA) is 82.0 Å². The molecule has 0 aliphatic carbocycles. The van der Waals surface area contributed by atoms with E-state index in [4.69, 9.17) is 11.5 Å². The van der Waals surface area contributed by atoms with Crippen molar-refractivity contribution in [1.82, 2.24) is 4.98 Å². The molecule has 4 heteroatoms. The molecule has 4 nitrogen and oxygen atoms in total. The summed E-state index contributed by atoms with van der Waals surface area (Å²) in [7, 11) is 0. The van der Waals surface area contributed by atoms with Gasteiger partial charge in [0.05, 0.1) is 5.56 Å². The zero-order chi connectivity index (χ0) is 14.7. The molecule has 1 aromatic carbocycles. The average molecular weight is 269 g/mol. The lowest BCUT2D eigenvalue weighted by Crippen LogP contribution is -2.09. The van der Waals surface area contributed by atoms with Crippen molar-refractivity contribution in [2.24, 2.45) is 0 Å². The standard InChI is InChI=1S/C16H19N3O/c1-10-7-14(16(18)19-9-10)15(20)8-11(2)12-3-5-13(17)6-4-12/h3-7,9,11H,8,17H2,1-2H3,(H2,18,19). The van der Waals surface area contributed by atoms with Crippen molar-refractivity contribution in [3.63, 3.8) is 0 Å². The lowest BCUT2D eigenvalue weighted by atomic mass is 9.93. The van der Waals surface area contributed by atoms with Crippen molar-refractivity contribution in [3.05, 3.63) is 53.2 Å². The van der Waals surface area contributed by atoms with Gasteiger partial charge in [-0.3, -0.25) is 4.79 Å². The largest absolute Gasteiger partial charge is 0.399 e. The Morgan fingerprint density at radius 2 is 1.90 bits per heavy atom. The molecule has 2 aromatic rings. The molecule has 1 unspecified atom stereocenters. The molecular formula is C16H19N3O. The first-order valence-electron chi connectivity index (χ1n) is 6.58. The van der Waals surface area contributed by atoms with E-state index >= 15 is 0 Å². The molecule has 0 amide bonds. The third-order valence-electron chi connectivity index (χ3n) is 3.35. The summed E-state index contributed by atoms with van der Waals surface area (Å²) in [6.07, 6.45) is 2.06. The van der Waals surface area contributed by atoms with E-state index in [0.717, 1.165) is 16.8 Å². The van der Waals surface area contributed by atoms with Gasteiger partial charge in [-0.25, -0.2) is 4.98 Å². The van der Waals surface area contributed by atoms with Crippen LogP contribution in [-0.4, -0.2) is 10.8 Å². The molecule has 0 bridgehead atoms. The number of pyridine rings is 1. The fraction of sp³-hybridized carbons (Fsp3) is 0.250. The van der Waals surface area contributed by atoms with Gasteiger partial charge in [-0.2, -0.15) is 0 Å². The summed E-state index contributed by atoms with van der Waals surface area (Å²) in [6, 6.07) is 9.38. The van der Waals surface area contributed by atoms with Gasteiger partial charge in [0, 0.05) is 18.3 Å². The number of nitrogen functional groups attached to an aromatic ring is 2. The number of hydrogen-bond donors (Lipinski definition) is 2. The van der Waals surface area contributed by atoms with Crippen molar-refractivity contribution in [1.29, 1.82) is 0 Å². The number of Topliss-reactive ketones (excluding diaryl/α,β-unsaturated/α-hetero) is 1. The molecule has 0 radical (unpaired) electrons. The second kappa shape index (κ2) is 5.74. The van der Waals surface area contributed by atoms with Gasteiger partial charge in [0.2, 0.25) is 0 Å². The van der Waals surface area contributed by atoms with Crippen molar-refractivity contribution in [2.75, 3.05) is 11.5 Å². The Balaban J connectivity index is 2.15. The van der Waals surface area contributed by atoms with Crippen LogP contribution in [0.3, 0.4) is 0 Å². The molecule has 1 atom stereocenters. The number of aromatic nitrogens is 1. The first-order valence-corrected chi connectivity index (χ1v) is 6.58. The van der Waals surface area contributed by atoms with E-state index in [2.05, 4.69) is 4.98 Å². The number of aryl methyl sites for hydroxylation is 1. The van der Waals surface area contributed by atoms with Crippen LogP contribution in [0.4, 0.5) is 11.5 Å². The number of rotatable bonds is 4. The van der Waals surface area contributed by atoms with Crippen LogP contribution in [0.5, 0.6) is 0 Å². The first kappa shape index (κ1) is 14.1. The number of ketones is 1. The molecule has 0 saturated heterocycles. The molecule has 2 rings (SSSR count). The van der Waals surface area contributed by atoms with Crippen LogP contribution in [0.1, 0.15) is 40.7 Å². The predicted molar refractivity (Wildman–Crippen MR) is 81.6 cm³/mol. The van der Waals surface area contributed by atoms with E-state index in [1.54, 1.807) is 12.3 Å². The molecule has 20 heavy (non-hydrogen) atoms. The van der Waals surface area contributed by atoms with Gasteiger partial charge in [0.1, 0.15) is 5.82 Å². The Kier molecular flexibility index (Phi) is 4.03. The third-order valence-corrected chi connectivity index (χ3v) is 3.35. The summed E-state index contributed by atoms with van der Waals surface area (Å²) in [4.78, 5) is 16.4. The second-order valence-corrected chi connectivity index (χ2v) is 5.14. The first-order chi connectivity index (χ1) is 9.47. The Labute approximate surface area is 118 Å². The minimum atomic E-state index is 0.0167. The van der Waals surface area contributed by atoms with Gasteiger partial charge in [-0.1, -0.05) is 19.1 Å². The van der Waals surface area contributed by atoms with Crippen LogP contribution < -0.4 is 11.5 Å². The van der Waals surface area contributed by atoms with Gasteiger partial charge in [-0.15, -0.1) is 0 Å².